The third-order valence-corrected chi connectivity index (χ3v) is 15.9. The van der Waals surface area contributed by atoms with Gasteiger partial charge in [-0.3, -0.25) is 0 Å². The molecule has 0 aliphatic rings. The zero-order valence-electron chi connectivity index (χ0n) is 44.5. The first-order valence-electron chi connectivity index (χ1n) is 26.9. The normalized spacial score (nSPS) is 11.5. The van der Waals surface area contributed by atoms with E-state index < -0.39 is 22.7 Å². The highest BCUT2D eigenvalue weighted by atomic mass is 32.2. The number of rotatable bonds is 8. The zero-order valence-corrected chi connectivity index (χ0v) is 45.3. The van der Waals surface area contributed by atoms with Crippen LogP contribution < -0.4 is 9.65 Å². The quantitative estimate of drug-likeness (QED) is 0.0685. The minimum atomic E-state index is -5.74. The Balaban J connectivity index is 0.000000128. The summed E-state index contributed by atoms with van der Waals surface area (Å²) in [4.78, 5) is 0. The van der Waals surface area contributed by atoms with E-state index in [0.29, 0.717) is 16.4 Å². The molecule has 0 atom stereocenters. The minimum Gasteiger partial charge on any atom is -0.423 e. The van der Waals surface area contributed by atoms with Crippen molar-refractivity contribution in [1.29, 1.82) is 0 Å². The van der Waals surface area contributed by atoms with E-state index in [1.807, 2.05) is 66.7 Å². The Labute approximate surface area is 478 Å². The van der Waals surface area contributed by atoms with Crippen LogP contribution in [0.25, 0.3) is 120 Å². The van der Waals surface area contributed by atoms with Crippen LogP contribution in [0.2, 0.25) is 0 Å². The summed E-state index contributed by atoms with van der Waals surface area (Å²) in [7, 11) is -7.25. The van der Waals surface area contributed by atoms with Crippen molar-refractivity contribution >= 4 is 87.3 Å². The fourth-order valence-corrected chi connectivity index (χ4v) is 11.8. The largest absolute Gasteiger partial charge is 0.534 e. The molecule has 0 unspecified atom stereocenters. The number of fused-ring (bicyclic) bond motifs is 6. The average Bonchev–Trinajstić information content (AvgIpc) is 1.95. The van der Waals surface area contributed by atoms with Gasteiger partial charge in [-0.05, 0) is 145 Å². The Morgan fingerprint density at radius 2 is 0.614 bits per heavy atom. The summed E-state index contributed by atoms with van der Waals surface area (Å²) in [6.45, 7) is 0. The Bertz CT molecular complexity index is 4680. The van der Waals surface area contributed by atoms with E-state index in [1.165, 1.54) is 77.8 Å². The Morgan fingerprint density at radius 1 is 0.313 bits per heavy atom. The number of alkyl halides is 3. The molecule has 5 nitrogen and oxygen atoms in total. The van der Waals surface area contributed by atoms with E-state index in [9.17, 15) is 31.6 Å². The summed E-state index contributed by atoms with van der Waals surface area (Å²) < 4.78 is 65.0. The van der Waals surface area contributed by atoms with Crippen molar-refractivity contribution in [2.75, 3.05) is 0 Å². The highest BCUT2D eigenvalue weighted by Gasteiger charge is 2.48. The van der Waals surface area contributed by atoms with Gasteiger partial charge in [0.05, 0.1) is 0 Å². The minimum absolute atomic E-state index is 0.282. The maximum absolute atomic E-state index is 12.6. The van der Waals surface area contributed by atoms with Crippen LogP contribution in [0.15, 0.2) is 291 Å². The van der Waals surface area contributed by atoms with Gasteiger partial charge in [0.25, 0.3) is 0 Å². The topological polar surface area (TPSA) is 83.8 Å². The van der Waals surface area contributed by atoms with Gasteiger partial charge < -0.3 is 14.2 Å². The molecule has 14 aromatic carbocycles. The molecule has 10 heteroatoms. The molecule has 14 aromatic rings. The first kappa shape index (κ1) is 53.8. The number of hydrogen-bond donors (Lipinski definition) is 2. The summed E-state index contributed by atoms with van der Waals surface area (Å²) in [5.74, 6) is -0.357. The SMILES string of the molecule is O=S(=O)(Oc1cc(-c2ccccc2)cc2ccccc12)C(F)(F)F.OB(O)c1c2ccccc2c(-c2ccccc2)c2ccccc12.c1ccc(-c2cc(-c3c4ccccc4c(-c4ccccc4)c4ccccc34)c3ccccc3c2)cc1. The average molecular weight is 1110 g/mol. The molecule has 0 aliphatic carbocycles. The van der Waals surface area contributed by atoms with Crippen molar-refractivity contribution in [1.82, 2.24) is 0 Å². The van der Waals surface area contributed by atoms with Crippen LogP contribution in [0.5, 0.6) is 5.75 Å². The van der Waals surface area contributed by atoms with Crippen LogP contribution in [0.4, 0.5) is 13.2 Å². The van der Waals surface area contributed by atoms with E-state index in [-0.39, 0.29) is 11.1 Å². The molecule has 2 N–H and O–H groups in total. The van der Waals surface area contributed by atoms with E-state index in [2.05, 4.69) is 162 Å². The highest BCUT2D eigenvalue weighted by Crippen LogP contribution is 2.47. The number of halogens is 3. The summed E-state index contributed by atoms with van der Waals surface area (Å²) >= 11 is 0. The molecule has 83 heavy (non-hydrogen) atoms. The van der Waals surface area contributed by atoms with Gasteiger partial charge in [-0.2, -0.15) is 21.6 Å². The second-order valence-electron chi connectivity index (χ2n) is 20.0. The van der Waals surface area contributed by atoms with Gasteiger partial charge in [0.15, 0.2) is 5.75 Å². The lowest BCUT2D eigenvalue weighted by Gasteiger charge is -2.19. The van der Waals surface area contributed by atoms with Crippen molar-refractivity contribution in [2.45, 2.75) is 5.51 Å². The van der Waals surface area contributed by atoms with Crippen LogP contribution in [0, 0.1) is 0 Å². The standard InChI is InChI=1S/C36H24.C20H15BO2.C17H11F3O3S/c1-3-13-25(14-4-1)28-23-27-17-7-8-18-29(27)34(24-28)36-32-21-11-9-19-30(32)35(26-15-5-2-6-16-26)31-20-10-12-22-33(31)36;22-21(23)20-17-12-6-4-10-15(17)19(14-8-2-1-3-9-14)16-11-5-7-13-18(16)20;18-17(19,20)24(21,22)23-16-11-14(12-6-2-1-3-7-12)10-13-8-4-5-9-15(13)16/h1-24H;1-13,22-23H;1-11H. The molecule has 0 fully saturated rings. The highest BCUT2D eigenvalue weighted by molar-refractivity contribution is 7.88. The molecule has 402 valence electrons. The second kappa shape index (κ2) is 23.0. The fourth-order valence-electron chi connectivity index (χ4n) is 11.3. The van der Waals surface area contributed by atoms with Gasteiger partial charge in [-0.1, -0.05) is 267 Å². The first-order chi connectivity index (χ1) is 40.4. The third-order valence-electron chi connectivity index (χ3n) is 14.9. The molecular formula is C73H50BF3O5S. The zero-order chi connectivity index (χ0) is 57.1. The molecule has 0 aliphatic heterocycles. The molecule has 0 radical (unpaired) electrons. The van der Waals surface area contributed by atoms with Gasteiger partial charge >= 0.3 is 22.7 Å². The Kier molecular flexibility index (Phi) is 14.9. The molecule has 0 aromatic heterocycles. The predicted octanol–water partition coefficient (Wildman–Crippen LogP) is 18.2. The van der Waals surface area contributed by atoms with Gasteiger partial charge in [0, 0.05) is 5.39 Å². The molecular weight excluding hydrogens is 1060 g/mol. The van der Waals surface area contributed by atoms with Crippen molar-refractivity contribution in [2.24, 2.45) is 0 Å². The number of hydrogen-bond acceptors (Lipinski definition) is 5. The van der Waals surface area contributed by atoms with Crippen LogP contribution >= 0.6 is 0 Å². The van der Waals surface area contributed by atoms with E-state index in [1.54, 1.807) is 54.6 Å². The van der Waals surface area contributed by atoms with Crippen LogP contribution in [0.3, 0.4) is 0 Å². The van der Waals surface area contributed by atoms with Gasteiger partial charge in [0.2, 0.25) is 0 Å². The lowest BCUT2D eigenvalue weighted by Crippen LogP contribution is -2.31. The van der Waals surface area contributed by atoms with Crippen molar-refractivity contribution in [3.05, 3.63) is 291 Å². The van der Waals surface area contributed by atoms with Crippen LogP contribution in [-0.4, -0.2) is 31.1 Å². The summed E-state index contributed by atoms with van der Waals surface area (Å²) in [6, 6.07) is 97.2. The molecule has 0 saturated carbocycles. The monoisotopic (exact) mass is 1110 g/mol. The molecule has 0 spiro atoms. The summed E-state index contributed by atoms with van der Waals surface area (Å²) in [6.07, 6.45) is 0. The second-order valence-corrected chi connectivity index (χ2v) is 21.5. The summed E-state index contributed by atoms with van der Waals surface area (Å²) in [5, 5.41) is 32.2. The molecule has 14 rings (SSSR count). The molecule has 0 heterocycles. The van der Waals surface area contributed by atoms with Gasteiger partial charge in [-0.15, -0.1) is 0 Å². The first-order valence-corrected chi connectivity index (χ1v) is 28.4. The lowest BCUT2D eigenvalue weighted by atomic mass is 9.72. The van der Waals surface area contributed by atoms with E-state index in [4.69, 9.17) is 0 Å². The lowest BCUT2D eigenvalue weighted by molar-refractivity contribution is -0.0499. The third kappa shape index (κ3) is 10.7. The maximum atomic E-state index is 12.6. The van der Waals surface area contributed by atoms with Crippen molar-refractivity contribution in [3.63, 3.8) is 0 Å². The molecule has 0 bridgehead atoms. The number of benzene rings is 14. The summed E-state index contributed by atoms with van der Waals surface area (Å²) in [5.41, 5.74) is 6.22. The van der Waals surface area contributed by atoms with Crippen LogP contribution in [0.1, 0.15) is 0 Å². The Hall–Kier alpha value is -9.84. The van der Waals surface area contributed by atoms with Crippen molar-refractivity contribution < 1.29 is 35.8 Å². The molecule has 0 amide bonds. The van der Waals surface area contributed by atoms with Gasteiger partial charge in [0.1, 0.15) is 0 Å². The smallest absolute Gasteiger partial charge is 0.423 e. The fraction of sp³-hybridized carbons (Fsp3) is 0.0137. The van der Waals surface area contributed by atoms with Crippen LogP contribution in [-0.2, 0) is 10.1 Å². The van der Waals surface area contributed by atoms with Gasteiger partial charge in [-0.25, -0.2) is 0 Å². The van der Waals surface area contributed by atoms with E-state index >= 15 is 0 Å². The predicted molar refractivity (Wildman–Crippen MR) is 337 cm³/mol. The van der Waals surface area contributed by atoms with E-state index in [0.717, 1.165) is 38.2 Å². The maximum Gasteiger partial charge on any atom is 0.534 e. The Morgan fingerprint density at radius 3 is 1.01 bits per heavy atom. The molecule has 0 saturated heterocycles. The van der Waals surface area contributed by atoms with Crippen molar-refractivity contribution in [3.8, 4) is 61.4 Å².